The molecule has 0 aromatic carbocycles. The summed E-state index contributed by atoms with van der Waals surface area (Å²) < 4.78 is 5.66. The number of aromatic nitrogens is 2. The van der Waals surface area contributed by atoms with Gasteiger partial charge in [0.15, 0.2) is 0 Å². The standard InChI is InChI=1S/C13H20ClN3O/c1-3-17(4-2)7-8-18-12-9-11(14)15-13(16-12)10-5-6-10/h9-10H,3-8H2,1-2H3. The lowest BCUT2D eigenvalue weighted by atomic mass is 10.4. The van der Waals surface area contributed by atoms with E-state index in [-0.39, 0.29) is 0 Å². The number of rotatable bonds is 7. The van der Waals surface area contributed by atoms with Gasteiger partial charge in [-0.25, -0.2) is 4.98 Å². The number of ether oxygens (including phenoxy) is 1. The fourth-order valence-corrected chi connectivity index (χ4v) is 2.01. The van der Waals surface area contributed by atoms with Crippen molar-refractivity contribution in [3.63, 3.8) is 0 Å². The minimum absolute atomic E-state index is 0.477. The van der Waals surface area contributed by atoms with Crippen LogP contribution in [0.1, 0.15) is 38.4 Å². The van der Waals surface area contributed by atoms with E-state index in [9.17, 15) is 0 Å². The summed E-state index contributed by atoms with van der Waals surface area (Å²) in [7, 11) is 0. The number of hydrogen-bond acceptors (Lipinski definition) is 4. The zero-order chi connectivity index (χ0) is 13.0. The molecule has 0 unspecified atom stereocenters. The molecule has 0 radical (unpaired) electrons. The van der Waals surface area contributed by atoms with Gasteiger partial charge in [0, 0.05) is 18.5 Å². The van der Waals surface area contributed by atoms with Gasteiger partial charge in [0.25, 0.3) is 0 Å². The molecule has 1 heterocycles. The Morgan fingerprint density at radius 2 is 2.06 bits per heavy atom. The Labute approximate surface area is 113 Å². The van der Waals surface area contributed by atoms with Crippen molar-refractivity contribution < 1.29 is 4.74 Å². The Balaban J connectivity index is 1.88. The van der Waals surface area contributed by atoms with Crippen LogP contribution in [0.5, 0.6) is 5.88 Å². The number of likely N-dealkylation sites (N-methyl/N-ethyl adjacent to an activating group) is 1. The molecule has 100 valence electrons. The minimum atomic E-state index is 0.477. The Hall–Kier alpha value is -0.870. The third kappa shape index (κ3) is 3.82. The molecule has 1 aliphatic carbocycles. The van der Waals surface area contributed by atoms with Gasteiger partial charge in [0.05, 0.1) is 0 Å². The fourth-order valence-electron chi connectivity index (χ4n) is 1.83. The van der Waals surface area contributed by atoms with Gasteiger partial charge in [-0.05, 0) is 25.9 Å². The van der Waals surface area contributed by atoms with E-state index in [2.05, 4.69) is 28.7 Å². The molecular formula is C13H20ClN3O. The highest BCUT2D eigenvalue weighted by atomic mass is 35.5. The van der Waals surface area contributed by atoms with Crippen LogP contribution >= 0.6 is 11.6 Å². The van der Waals surface area contributed by atoms with Crippen molar-refractivity contribution in [2.45, 2.75) is 32.6 Å². The monoisotopic (exact) mass is 269 g/mol. The lowest BCUT2D eigenvalue weighted by Crippen LogP contribution is -2.28. The maximum absolute atomic E-state index is 5.98. The third-order valence-corrected chi connectivity index (χ3v) is 3.38. The Morgan fingerprint density at radius 1 is 1.33 bits per heavy atom. The lowest BCUT2D eigenvalue weighted by molar-refractivity contribution is 0.217. The van der Waals surface area contributed by atoms with E-state index in [1.165, 1.54) is 12.8 Å². The molecule has 1 aliphatic rings. The second-order valence-corrected chi connectivity index (χ2v) is 4.92. The fraction of sp³-hybridized carbons (Fsp3) is 0.692. The first-order valence-electron chi connectivity index (χ1n) is 6.62. The summed E-state index contributed by atoms with van der Waals surface area (Å²) in [4.78, 5) is 11.0. The van der Waals surface area contributed by atoms with E-state index >= 15 is 0 Å². The zero-order valence-corrected chi connectivity index (χ0v) is 11.8. The predicted molar refractivity (Wildman–Crippen MR) is 72.3 cm³/mol. The first-order chi connectivity index (χ1) is 8.72. The van der Waals surface area contributed by atoms with Gasteiger partial charge in [0.2, 0.25) is 5.88 Å². The normalized spacial score (nSPS) is 15.1. The molecular weight excluding hydrogens is 250 g/mol. The van der Waals surface area contributed by atoms with Gasteiger partial charge in [-0.2, -0.15) is 4.98 Å². The van der Waals surface area contributed by atoms with E-state index in [0.29, 0.717) is 23.6 Å². The molecule has 0 aliphatic heterocycles. The van der Waals surface area contributed by atoms with Crippen molar-refractivity contribution in [1.82, 2.24) is 14.9 Å². The van der Waals surface area contributed by atoms with Gasteiger partial charge in [-0.3, -0.25) is 0 Å². The maximum Gasteiger partial charge on any atom is 0.218 e. The van der Waals surface area contributed by atoms with Crippen LogP contribution < -0.4 is 4.74 Å². The van der Waals surface area contributed by atoms with Gasteiger partial charge in [0.1, 0.15) is 17.6 Å². The first kappa shape index (κ1) is 13.6. The highest BCUT2D eigenvalue weighted by Gasteiger charge is 2.27. The Morgan fingerprint density at radius 3 is 2.67 bits per heavy atom. The summed E-state index contributed by atoms with van der Waals surface area (Å²) in [6, 6.07) is 1.69. The summed E-state index contributed by atoms with van der Waals surface area (Å²) in [5.41, 5.74) is 0. The summed E-state index contributed by atoms with van der Waals surface area (Å²) >= 11 is 5.98. The average Bonchev–Trinajstić information content (AvgIpc) is 3.18. The summed E-state index contributed by atoms with van der Waals surface area (Å²) in [6.45, 7) is 7.93. The van der Waals surface area contributed by atoms with E-state index < -0.39 is 0 Å². The quantitative estimate of drug-likeness (QED) is 0.714. The molecule has 0 bridgehead atoms. The molecule has 1 fully saturated rings. The Kier molecular flexibility index (Phi) is 4.78. The van der Waals surface area contributed by atoms with Crippen LogP contribution in [0.4, 0.5) is 0 Å². The largest absolute Gasteiger partial charge is 0.476 e. The molecule has 1 saturated carbocycles. The lowest BCUT2D eigenvalue weighted by Gasteiger charge is -2.17. The van der Waals surface area contributed by atoms with E-state index in [1.807, 2.05) is 0 Å². The van der Waals surface area contributed by atoms with Crippen LogP contribution in [0.3, 0.4) is 0 Å². The molecule has 5 heteroatoms. The van der Waals surface area contributed by atoms with E-state index in [1.54, 1.807) is 6.07 Å². The molecule has 1 aromatic heterocycles. The third-order valence-electron chi connectivity index (χ3n) is 3.18. The van der Waals surface area contributed by atoms with Crippen molar-refractivity contribution in [2.24, 2.45) is 0 Å². The van der Waals surface area contributed by atoms with Crippen molar-refractivity contribution in [3.05, 3.63) is 17.0 Å². The second-order valence-electron chi connectivity index (χ2n) is 4.54. The SMILES string of the molecule is CCN(CC)CCOc1cc(Cl)nc(C2CC2)n1. The van der Waals surface area contributed by atoms with Gasteiger partial charge < -0.3 is 9.64 Å². The zero-order valence-electron chi connectivity index (χ0n) is 11.0. The molecule has 0 N–H and O–H groups in total. The van der Waals surface area contributed by atoms with Crippen LogP contribution in [0, 0.1) is 0 Å². The number of halogens is 1. The molecule has 4 nitrogen and oxygen atoms in total. The number of nitrogens with zero attached hydrogens (tertiary/aromatic N) is 3. The molecule has 0 spiro atoms. The first-order valence-corrected chi connectivity index (χ1v) is 7.00. The van der Waals surface area contributed by atoms with Gasteiger partial charge in [-0.1, -0.05) is 25.4 Å². The summed E-state index contributed by atoms with van der Waals surface area (Å²) in [5, 5.41) is 0.477. The van der Waals surface area contributed by atoms with Crippen molar-refractivity contribution in [3.8, 4) is 5.88 Å². The minimum Gasteiger partial charge on any atom is -0.476 e. The molecule has 1 aromatic rings. The summed E-state index contributed by atoms with van der Waals surface area (Å²) in [5.74, 6) is 1.93. The van der Waals surface area contributed by atoms with Crippen LogP contribution in [-0.4, -0.2) is 41.1 Å². The Bertz CT molecular complexity index is 392. The highest BCUT2D eigenvalue weighted by molar-refractivity contribution is 6.29. The number of hydrogen-bond donors (Lipinski definition) is 0. The van der Waals surface area contributed by atoms with Gasteiger partial charge in [-0.15, -0.1) is 0 Å². The van der Waals surface area contributed by atoms with Crippen molar-refractivity contribution in [2.75, 3.05) is 26.2 Å². The average molecular weight is 270 g/mol. The van der Waals surface area contributed by atoms with Gasteiger partial charge >= 0.3 is 0 Å². The highest BCUT2D eigenvalue weighted by Crippen LogP contribution is 2.38. The van der Waals surface area contributed by atoms with E-state index in [0.717, 1.165) is 25.5 Å². The van der Waals surface area contributed by atoms with E-state index in [4.69, 9.17) is 16.3 Å². The van der Waals surface area contributed by atoms with Crippen molar-refractivity contribution >= 4 is 11.6 Å². The van der Waals surface area contributed by atoms with Crippen LogP contribution in [-0.2, 0) is 0 Å². The van der Waals surface area contributed by atoms with Crippen molar-refractivity contribution in [1.29, 1.82) is 0 Å². The van der Waals surface area contributed by atoms with Crippen LogP contribution in [0.25, 0.3) is 0 Å². The topological polar surface area (TPSA) is 38.2 Å². The second kappa shape index (κ2) is 6.34. The molecule has 0 atom stereocenters. The smallest absolute Gasteiger partial charge is 0.218 e. The molecule has 18 heavy (non-hydrogen) atoms. The maximum atomic E-state index is 5.98. The van der Waals surface area contributed by atoms with Crippen LogP contribution in [0.15, 0.2) is 6.07 Å². The molecule has 2 rings (SSSR count). The molecule has 0 amide bonds. The van der Waals surface area contributed by atoms with Crippen LogP contribution in [0.2, 0.25) is 5.15 Å². The predicted octanol–water partition coefficient (Wildman–Crippen LogP) is 2.73. The molecule has 0 saturated heterocycles. The summed E-state index contributed by atoms with van der Waals surface area (Å²) in [6.07, 6.45) is 2.33.